The molecule has 1 aliphatic heterocycles. The van der Waals surface area contributed by atoms with E-state index in [1.165, 1.54) is 7.11 Å². The van der Waals surface area contributed by atoms with Crippen LogP contribution in [0.3, 0.4) is 0 Å². The maximum absolute atomic E-state index is 11.5. The van der Waals surface area contributed by atoms with Crippen molar-refractivity contribution >= 4 is 34.8 Å². The van der Waals surface area contributed by atoms with Gasteiger partial charge in [0.05, 0.1) is 18.9 Å². The van der Waals surface area contributed by atoms with Crippen LogP contribution in [-0.2, 0) is 4.74 Å². The molecule has 0 amide bonds. The lowest BCUT2D eigenvalue weighted by Gasteiger charge is -2.36. The van der Waals surface area contributed by atoms with Crippen LogP contribution in [0.1, 0.15) is 10.4 Å². The summed E-state index contributed by atoms with van der Waals surface area (Å²) in [4.78, 5) is 24.2. The number of aromatic nitrogens is 2. The summed E-state index contributed by atoms with van der Waals surface area (Å²) < 4.78 is 4.69. The number of piperazine rings is 1. The van der Waals surface area contributed by atoms with Gasteiger partial charge in [0.25, 0.3) is 0 Å². The Kier molecular flexibility index (Phi) is 5.39. The first-order chi connectivity index (χ1) is 12.2. The molecule has 1 N–H and O–H groups in total. The molecule has 0 atom stereocenters. The highest BCUT2D eigenvalue weighted by atomic mass is 32.1. The number of rotatable bonds is 3. The van der Waals surface area contributed by atoms with Crippen LogP contribution in [0.5, 0.6) is 0 Å². The van der Waals surface area contributed by atoms with Crippen LogP contribution in [0.4, 0.5) is 11.5 Å². The summed E-state index contributed by atoms with van der Waals surface area (Å²) in [7, 11) is 1.37. The zero-order chi connectivity index (χ0) is 17.6. The Morgan fingerprint density at radius 1 is 1.16 bits per heavy atom. The van der Waals surface area contributed by atoms with Gasteiger partial charge in [-0.15, -0.1) is 0 Å². The summed E-state index contributed by atoms with van der Waals surface area (Å²) in [6, 6.07) is 7.05. The lowest BCUT2D eigenvalue weighted by Crippen LogP contribution is -2.50. The molecule has 0 aliphatic carbocycles. The van der Waals surface area contributed by atoms with Crippen molar-refractivity contribution in [2.45, 2.75) is 0 Å². The van der Waals surface area contributed by atoms with Crippen molar-refractivity contribution in [2.75, 3.05) is 43.5 Å². The van der Waals surface area contributed by atoms with Crippen molar-refractivity contribution in [3.63, 3.8) is 0 Å². The summed E-state index contributed by atoms with van der Waals surface area (Å²) in [6.07, 6.45) is 5.14. The van der Waals surface area contributed by atoms with Crippen molar-refractivity contribution in [2.24, 2.45) is 0 Å². The van der Waals surface area contributed by atoms with Crippen LogP contribution in [-0.4, -0.2) is 59.2 Å². The minimum atomic E-state index is -0.353. The van der Waals surface area contributed by atoms with E-state index in [0.29, 0.717) is 10.7 Å². The Morgan fingerprint density at radius 3 is 2.48 bits per heavy atom. The number of ether oxygens (including phenoxy) is 1. The molecule has 7 nitrogen and oxygen atoms in total. The Morgan fingerprint density at radius 2 is 1.88 bits per heavy atom. The van der Waals surface area contributed by atoms with E-state index in [-0.39, 0.29) is 5.97 Å². The number of hydrogen-bond donors (Lipinski definition) is 1. The van der Waals surface area contributed by atoms with Gasteiger partial charge in [-0.25, -0.2) is 9.78 Å². The molecule has 25 heavy (non-hydrogen) atoms. The highest BCUT2D eigenvalue weighted by Crippen LogP contribution is 2.14. The monoisotopic (exact) mass is 357 g/mol. The molecule has 2 heterocycles. The van der Waals surface area contributed by atoms with Crippen molar-refractivity contribution in [1.29, 1.82) is 0 Å². The van der Waals surface area contributed by atoms with Crippen molar-refractivity contribution in [3.8, 4) is 0 Å². The molecule has 2 aromatic rings. The Labute approximate surface area is 151 Å². The summed E-state index contributed by atoms with van der Waals surface area (Å²) in [5.74, 6) is 0.536. The number of hydrogen-bond acceptors (Lipinski definition) is 6. The van der Waals surface area contributed by atoms with Crippen molar-refractivity contribution < 1.29 is 9.53 Å². The minimum absolute atomic E-state index is 0.353. The molecule has 1 aromatic heterocycles. The fourth-order valence-corrected chi connectivity index (χ4v) is 2.90. The Hall–Kier alpha value is -2.74. The largest absolute Gasteiger partial charge is 0.465 e. The molecule has 130 valence electrons. The average molecular weight is 357 g/mol. The van der Waals surface area contributed by atoms with Gasteiger partial charge in [-0.05, 0) is 36.5 Å². The van der Waals surface area contributed by atoms with Gasteiger partial charge >= 0.3 is 5.97 Å². The van der Waals surface area contributed by atoms with Gasteiger partial charge in [-0.2, -0.15) is 0 Å². The van der Waals surface area contributed by atoms with E-state index < -0.39 is 0 Å². The van der Waals surface area contributed by atoms with Gasteiger partial charge in [0, 0.05) is 44.3 Å². The third-order valence-corrected chi connectivity index (χ3v) is 4.36. The number of anilines is 2. The van der Waals surface area contributed by atoms with Crippen LogP contribution < -0.4 is 10.2 Å². The highest BCUT2D eigenvalue weighted by Gasteiger charge is 2.20. The third-order valence-electron chi connectivity index (χ3n) is 4.00. The van der Waals surface area contributed by atoms with Gasteiger partial charge in [0.2, 0.25) is 0 Å². The van der Waals surface area contributed by atoms with Crippen LogP contribution in [0, 0.1) is 0 Å². The number of carbonyl (C=O) groups excluding carboxylic acids is 1. The number of benzene rings is 1. The maximum Gasteiger partial charge on any atom is 0.337 e. The number of nitrogens with zero attached hydrogens (tertiary/aromatic N) is 4. The fourth-order valence-electron chi connectivity index (χ4n) is 2.60. The Balaban J connectivity index is 1.53. The average Bonchev–Trinajstić information content (AvgIpc) is 2.68. The SMILES string of the molecule is COC(=O)c1ccc(NC(=S)N2CCN(c3cnccn3)CC2)cc1. The molecule has 8 heteroatoms. The predicted molar refractivity (Wildman–Crippen MR) is 99.8 cm³/mol. The molecule has 0 saturated carbocycles. The zero-order valence-corrected chi connectivity index (χ0v) is 14.7. The molecule has 1 saturated heterocycles. The number of methoxy groups -OCH3 is 1. The quantitative estimate of drug-likeness (QED) is 0.658. The first-order valence-electron chi connectivity index (χ1n) is 7.92. The summed E-state index contributed by atoms with van der Waals surface area (Å²) >= 11 is 5.50. The van der Waals surface area contributed by atoms with E-state index in [1.807, 2.05) is 12.1 Å². The second kappa shape index (κ2) is 7.89. The van der Waals surface area contributed by atoms with Crippen molar-refractivity contribution in [1.82, 2.24) is 14.9 Å². The molecule has 1 fully saturated rings. The highest BCUT2D eigenvalue weighted by molar-refractivity contribution is 7.80. The first-order valence-corrected chi connectivity index (χ1v) is 8.33. The van der Waals surface area contributed by atoms with Crippen LogP contribution in [0.15, 0.2) is 42.9 Å². The van der Waals surface area contributed by atoms with E-state index in [9.17, 15) is 4.79 Å². The molecule has 0 spiro atoms. The van der Waals surface area contributed by atoms with Gasteiger partial charge in [0.1, 0.15) is 5.82 Å². The smallest absolute Gasteiger partial charge is 0.337 e. The van der Waals surface area contributed by atoms with Crippen molar-refractivity contribution in [3.05, 3.63) is 48.4 Å². The molecule has 1 aromatic carbocycles. The standard InChI is InChI=1S/C17H19N5O2S/c1-24-16(23)13-2-4-14(5-3-13)20-17(25)22-10-8-21(9-11-22)15-12-18-6-7-19-15/h2-7,12H,8-11H2,1H3,(H,20,25). The van der Waals surface area contributed by atoms with E-state index >= 15 is 0 Å². The van der Waals surface area contributed by atoms with E-state index in [4.69, 9.17) is 17.0 Å². The van der Waals surface area contributed by atoms with Crippen LogP contribution >= 0.6 is 12.2 Å². The molecule has 0 bridgehead atoms. The fraction of sp³-hybridized carbons (Fsp3) is 0.294. The molecule has 0 radical (unpaired) electrons. The van der Waals surface area contributed by atoms with Crippen LogP contribution in [0.25, 0.3) is 0 Å². The van der Waals surface area contributed by atoms with Gasteiger partial charge in [-0.3, -0.25) is 4.98 Å². The molecule has 3 rings (SSSR count). The van der Waals surface area contributed by atoms with Gasteiger partial charge < -0.3 is 19.9 Å². The molecule has 1 aliphatic rings. The normalized spacial score (nSPS) is 14.1. The summed E-state index contributed by atoms with van der Waals surface area (Å²) in [5.41, 5.74) is 1.35. The first kappa shape index (κ1) is 17.1. The second-order valence-electron chi connectivity index (χ2n) is 5.54. The lowest BCUT2D eigenvalue weighted by molar-refractivity contribution is 0.0601. The lowest BCUT2D eigenvalue weighted by atomic mass is 10.2. The number of nitrogens with one attached hydrogen (secondary N) is 1. The second-order valence-corrected chi connectivity index (χ2v) is 5.92. The third kappa shape index (κ3) is 4.21. The predicted octanol–water partition coefficient (Wildman–Crippen LogP) is 1.78. The number of esters is 1. The maximum atomic E-state index is 11.5. The molecule has 0 unspecified atom stereocenters. The summed E-state index contributed by atoms with van der Waals surface area (Å²) in [6.45, 7) is 3.29. The van der Waals surface area contributed by atoms with E-state index in [0.717, 1.165) is 37.7 Å². The van der Waals surface area contributed by atoms with E-state index in [2.05, 4.69) is 25.1 Å². The minimum Gasteiger partial charge on any atom is -0.465 e. The van der Waals surface area contributed by atoms with Crippen LogP contribution in [0.2, 0.25) is 0 Å². The Bertz CT molecular complexity index is 730. The molecular formula is C17H19N5O2S. The summed E-state index contributed by atoms with van der Waals surface area (Å²) in [5, 5.41) is 3.88. The number of thiocarbonyl (C=S) groups is 1. The van der Waals surface area contributed by atoms with Gasteiger partial charge in [-0.1, -0.05) is 0 Å². The number of carbonyl (C=O) groups is 1. The zero-order valence-electron chi connectivity index (χ0n) is 13.9. The van der Waals surface area contributed by atoms with Gasteiger partial charge in [0.15, 0.2) is 5.11 Å². The van der Waals surface area contributed by atoms with E-state index in [1.54, 1.807) is 30.7 Å². The molecular weight excluding hydrogens is 338 g/mol. The topological polar surface area (TPSA) is 70.6 Å².